The van der Waals surface area contributed by atoms with Crippen LogP contribution in [0.2, 0.25) is 0 Å². The van der Waals surface area contributed by atoms with Gasteiger partial charge in [-0.05, 0) is 38.8 Å². The molecule has 0 aliphatic heterocycles. The number of thioether (sulfide) groups is 1. The van der Waals surface area contributed by atoms with Crippen molar-refractivity contribution in [2.45, 2.75) is 44.8 Å². The number of imidazole rings is 1. The lowest BCUT2D eigenvalue weighted by atomic mass is 10.0. The van der Waals surface area contributed by atoms with Gasteiger partial charge in [0.2, 0.25) is 0 Å². The van der Waals surface area contributed by atoms with Crippen molar-refractivity contribution in [2.75, 3.05) is 5.75 Å². The number of hydrogen-bond donors (Lipinski definition) is 1. The van der Waals surface area contributed by atoms with E-state index < -0.39 is 5.97 Å². The summed E-state index contributed by atoms with van der Waals surface area (Å²) in [6.45, 7) is 8.32. The molecule has 0 amide bonds. The summed E-state index contributed by atoms with van der Waals surface area (Å²) in [5, 5.41) is 9.60. The lowest BCUT2D eigenvalue weighted by molar-refractivity contribution is -0.133. The number of aryl methyl sites for hydroxylation is 1. The number of pyridine rings is 1. The standard InChI is InChI=1S/C14H19N3O2S/c1-5-14(3,4)17-12-11(9(2)6-7-15-12)16-13(17)20-8-10(18)19/h6-7H,5,8H2,1-4H3,(H,18,19). The summed E-state index contributed by atoms with van der Waals surface area (Å²) in [6.07, 6.45) is 2.68. The molecule has 0 bridgehead atoms. The molecule has 0 aliphatic carbocycles. The van der Waals surface area contributed by atoms with Gasteiger partial charge in [-0.2, -0.15) is 0 Å². The molecule has 0 saturated carbocycles. The van der Waals surface area contributed by atoms with Crippen LogP contribution in [0.15, 0.2) is 17.4 Å². The largest absolute Gasteiger partial charge is 0.481 e. The molecule has 20 heavy (non-hydrogen) atoms. The monoisotopic (exact) mass is 293 g/mol. The molecule has 0 radical (unpaired) electrons. The van der Waals surface area contributed by atoms with E-state index in [1.54, 1.807) is 6.20 Å². The second kappa shape index (κ2) is 5.44. The molecule has 0 unspecified atom stereocenters. The number of aromatic nitrogens is 3. The van der Waals surface area contributed by atoms with Crippen molar-refractivity contribution < 1.29 is 9.90 Å². The number of carboxylic acid groups (broad SMARTS) is 1. The predicted molar refractivity (Wildman–Crippen MR) is 80.2 cm³/mol. The highest BCUT2D eigenvalue weighted by atomic mass is 32.2. The zero-order chi connectivity index (χ0) is 14.9. The van der Waals surface area contributed by atoms with Crippen molar-refractivity contribution in [1.29, 1.82) is 0 Å². The maximum Gasteiger partial charge on any atom is 0.313 e. The summed E-state index contributed by atoms with van der Waals surface area (Å²) in [5.41, 5.74) is 2.57. The van der Waals surface area contributed by atoms with E-state index in [1.165, 1.54) is 11.8 Å². The van der Waals surface area contributed by atoms with E-state index in [0.717, 1.165) is 28.3 Å². The highest BCUT2D eigenvalue weighted by Crippen LogP contribution is 2.32. The lowest BCUT2D eigenvalue weighted by Crippen LogP contribution is -2.26. The van der Waals surface area contributed by atoms with Crippen molar-refractivity contribution in [3.8, 4) is 0 Å². The van der Waals surface area contributed by atoms with E-state index in [2.05, 4.69) is 35.3 Å². The van der Waals surface area contributed by atoms with Gasteiger partial charge in [-0.3, -0.25) is 9.36 Å². The van der Waals surface area contributed by atoms with Gasteiger partial charge in [-0.1, -0.05) is 18.7 Å². The third kappa shape index (κ3) is 2.65. The second-order valence-corrected chi connectivity index (χ2v) is 6.32. The van der Waals surface area contributed by atoms with Gasteiger partial charge < -0.3 is 5.11 Å². The third-order valence-corrected chi connectivity index (χ3v) is 4.44. The maximum absolute atomic E-state index is 10.8. The molecular formula is C14H19N3O2S. The number of rotatable bonds is 5. The Bertz CT molecular complexity index is 649. The molecule has 0 aromatic carbocycles. The minimum atomic E-state index is -0.840. The highest BCUT2D eigenvalue weighted by Gasteiger charge is 2.26. The van der Waals surface area contributed by atoms with Gasteiger partial charge in [0.15, 0.2) is 10.8 Å². The Balaban J connectivity index is 2.63. The van der Waals surface area contributed by atoms with E-state index in [9.17, 15) is 4.79 Å². The maximum atomic E-state index is 10.8. The fraction of sp³-hybridized carbons (Fsp3) is 0.500. The summed E-state index contributed by atoms with van der Waals surface area (Å²) < 4.78 is 2.06. The molecule has 2 heterocycles. The molecule has 6 heteroatoms. The van der Waals surface area contributed by atoms with Gasteiger partial charge in [0.25, 0.3) is 0 Å². The van der Waals surface area contributed by atoms with E-state index in [1.807, 2.05) is 13.0 Å². The average Bonchev–Trinajstić information content (AvgIpc) is 2.77. The van der Waals surface area contributed by atoms with Gasteiger partial charge in [0.1, 0.15) is 5.52 Å². The molecule has 2 aromatic rings. The van der Waals surface area contributed by atoms with Gasteiger partial charge >= 0.3 is 5.97 Å². The number of carboxylic acids is 1. The van der Waals surface area contributed by atoms with E-state index >= 15 is 0 Å². The van der Waals surface area contributed by atoms with Gasteiger partial charge in [0, 0.05) is 11.7 Å². The predicted octanol–water partition coefficient (Wildman–Crippen LogP) is 3.06. The van der Waals surface area contributed by atoms with Crippen LogP contribution in [0, 0.1) is 6.92 Å². The van der Waals surface area contributed by atoms with Crippen molar-refractivity contribution in [3.05, 3.63) is 17.8 Å². The third-order valence-electron chi connectivity index (χ3n) is 3.51. The van der Waals surface area contributed by atoms with Crippen LogP contribution in [0.3, 0.4) is 0 Å². The van der Waals surface area contributed by atoms with Crippen molar-refractivity contribution in [3.63, 3.8) is 0 Å². The summed E-state index contributed by atoms with van der Waals surface area (Å²) in [6, 6.07) is 1.92. The Morgan fingerprint density at radius 2 is 2.20 bits per heavy atom. The van der Waals surface area contributed by atoms with E-state index in [-0.39, 0.29) is 11.3 Å². The molecule has 0 fully saturated rings. The van der Waals surface area contributed by atoms with E-state index in [4.69, 9.17) is 5.11 Å². The quantitative estimate of drug-likeness (QED) is 0.858. The number of aliphatic carboxylic acids is 1. The summed E-state index contributed by atoms with van der Waals surface area (Å²) in [7, 11) is 0. The Hall–Kier alpha value is -1.56. The molecule has 0 aliphatic rings. The van der Waals surface area contributed by atoms with Crippen LogP contribution in [-0.4, -0.2) is 31.4 Å². The Labute approximate surface area is 122 Å². The molecule has 0 saturated heterocycles. The van der Waals surface area contributed by atoms with Crippen molar-refractivity contribution in [2.24, 2.45) is 0 Å². The van der Waals surface area contributed by atoms with Crippen LogP contribution in [0.1, 0.15) is 32.8 Å². The Morgan fingerprint density at radius 3 is 2.80 bits per heavy atom. The summed E-state index contributed by atoms with van der Waals surface area (Å²) in [4.78, 5) is 19.9. The van der Waals surface area contributed by atoms with Crippen LogP contribution in [0.4, 0.5) is 0 Å². The average molecular weight is 293 g/mol. The topological polar surface area (TPSA) is 68.0 Å². The molecule has 2 aromatic heterocycles. The second-order valence-electron chi connectivity index (χ2n) is 5.38. The fourth-order valence-corrected chi connectivity index (χ4v) is 2.87. The van der Waals surface area contributed by atoms with Gasteiger partial charge in [0.05, 0.1) is 5.75 Å². The number of hydrogen-bond acceptors (Lipinski definition) is 4. The highest BCUT2D eigenvalue weighted by molar-refractivity contribution is 7.99. The lowest BCUT2D eigenvalue weighted by Gasteiger charge is -2.27. The summed E-state index contributed by atoms with van der Waals surface area (Å²) >= 11 is 1.24. The first kappa shape index (κ1) is 14.8. The minimum Gasteiger partial charge on any atom is -0.481 e. The zero-order valence-electron chi connectivity index (χ0n) is 12.2. The molecule has 2 rings (SSSR count). The van der Waals surface area contributed by atoms with Crippen LogP contribution < -0.4 is 0 Å². The van der Waals surface area contributed by atoms with Crippen molar-refractivity contribution in [1.82, 2.24) is 14.5 Å². The van der Waals surface area contributed by atoms with Crippen LogP contribution >= 0.6 is 11.8 Å². The molecular weight excluding hydrogens is 274 g/mol. The fourth-order valence-electron chi connectivity index (χ4n) is 2.00. The van der Waals surface area contributed by atoms with Crippen LogP contribution in [-0.2, 0) is 10.3 Å². The van der Waals surface area contributed by atoms with Crippen LogP contribution in [0.25, 0.3) is 11.2 Å². The van der Waals surface area contributed by atoms with E-state index in [0.29, 0.717) is 0 Å². The van der Waals surface area contributed by atoms with Crippen molar-refractivity contribution >= 4 is 28.9 Å². The summed E-state index contributed by atoms with van der Waals surface area (Å²) in [5.74, 6) is -0.838. The zero-order valence-corrected chi connectivity index (χ0v) is 13.0. The van der Waals surface area contributed by atoms with Gasteiger partial charge in [-0.25, -0.2) is 9.97 Å². The molecule has 0 spiro atoms. The smallest absolute Gasteiger partial charge is 0.313 e. The van der Waals surface area contributed by atoms with Gasteiger partial charge in [-0.15, -0.1) is 0 Å². The molecule has 1 N–H and O–H groups in total. The van der Waals surface area contributed by atoms with Crippen LogP contribution in [0.5, 0.6) is 0 Å². The first-order chi connectivity index (χ1) is 9.36. The number of nitrogens with zero attached hydrogens (tertiary/aromatic N) is 3. The molecule has 0 atom stereocenters. The first-order valence-corrected chi connectivity index (χ1v) is 7.54. The minimum absolute atomic E-state index is 0.00215. The Morgan fingerprint density at radius 1 is 1.50 bits per heavy atom. The SMILES string of the molecule is CCC(C)(C)n1c(SCC(=O)O)nc2c(C)ccnc21. The normalized spacial score (nSPS) is 12.0. The molecule has 108 valence electrons. The first-order valence-electron chi connectivity index (χ1n) is 6.56. The molecule has 5 nitrogen and oxygen atoms in total. The number of fused-ring (bicyclic) bond motifs is 1. The Kier molecular flexibility index (Phi) is 4.04. The number of carbonyl (C=O) groups is 1.